The molecular formula is C13H19FN2. The molecule has 0 saturated carbocycles. The van der Waals surface area contributed by atoms with E-state index in [2.05, 4.69) is 11.8 Å². The van der Waals surface area contributed by atoms with E-state index in [1.807, 2.05) is 12.1 Å². The van der Waals surface area contributed by atoms with E-state index in [-0.39, 0.29) is 11.4 Å². The molecule has 0 aromatic heterocycles. The molecule has 2 nitrogen and oxygen atoms in total. The van der Waals surface area contributed by atoms with Crippen LogP contribution in [-0.2, 0) is 6.54 Å². The smallest absolute Gasteiger partial charge is 0.123 e. The Morgan fingerprint density at radius 1 is 1.25 bits per heavy atom. The Bertz CT molecular complexity index is 335. The van der Waals surface area contributed by atoms with Crippen molar-refractivity contribution in [3.63, 3.8) is 0 Å². The largest absolute Gasteiger partial charge is 0.325 e. The minimum atomic E-state index is -0.170. The predicted molar refractivity (Wildman–Crippen MR) is 63.5 cm³/mol. The highest BCUT2D eigenvalue weighted by Gasteiger charge is 2.25. The molecule has 0 unspecified atom stereocenters. The topological polar surface area (TPSA) is 29.3 Å². The van der Waals surface area contributed by atoms with Gasteiger partial charge in [-0.15, -0.1) is 0 Å². The zero-order valence-electron chi connectivity index (χ0n) is 9.75. The quantitative estimate of drug-likeness (QED) is 0.830. The van der Waals surface area contributed by atoms with Gasteiger partial charge in [-0.2, -0.15) is 0 Å². The molecule has 1 aliphatic heterocycles. The fraction of sp³-hybridized carbons (Fsp3) is 0.538. The van der Waals surface area contributed by atoms with Crippen LogP contribution in [0.15, 0.2) is 24.3 Å². The number of benzene rings is 1. The summed E-state index contributed by atoms with van der Waals surface area (Å²) >= 11 is 0. The normalized spacial score (nSPS) is 20.9. The molecule has 1 aliphatic rings. The van der Waals surface area contributed by atoms with E-state index in [9.17, 15) is 4.39 Å². The molecule has 0 atom stereocenters. The second kappa shape index (κ2) is 4.52. The fourth-order valence-electron chi connectivity index (χ4n) is 2.07. The highest BCUT2D eigenvalue weighted by atomic mass is 19.1. The van der Waals surface area contributed by atoms with Gasteiger partial charge in [-0.25, -0.2) is 4.39 Å². The molecule has 2 rings (SSSR count). The summed E-state index contributed by atoms with van der Waals surface area (Å²) in [5.74, 6) is -0.170. The van der Waals surface area contributed by atoms with Crippen LogP contribution in [-0.4, -0.2) is 23.5 Å². The van der Waals surface area contributed by atoms with Gasteiger partial charge in [0.2, 0.25) is 0 Å². The van der Waals surface area contributed by atoms with Gasteiger partial charge in [-0.3, -0.25) is 4.90 Å². The number of rotatable bonds is 2. The lowest BCUT2D eigenvalue weighted by Gasteiger charge is -2.36. The van der Waals surface area contributed by atoms with Crippen LogP contribution in [0.5, 0.6) is 0 Å². The third-order valence-electron chi connectivity index (χ3n) is 3.32. The van der Waals surface area contributed by atoms with Gasteiger partial charge in [0.15, 0.2) is 0 Å². The Labute approximate surface area is 96.2 Å². The standard InChI is InChI=1S/C13H19FN2/c1-13(15)6-8-16(9-7-13)10-11-2-4-12(14)5-3-11/h2-5H,6-10,15H2,1H3. The second-order valence-corrected chi connectivity index (χ2v) is 5.06. The fourth-order valence-corrected chi connectivity index (χ4v) is 2.07. The molecule has 0 aliphatic carbocycles. The van der Waals surface area contributed by atoms with Crippen molar-refractivity contribution in [3.8, 4) is 0 Å². The molecular weight excluding hydrogens is 203 g/mol. The molecule has 16 heavy (non-hydrogen) atoms. The van der Waals surface area contributed by atoms with Crippen LogP contribution in [0.2, 0.25) is 0 Å². The highest BCUT2D eigenvalue weighted by molar-refractivity contribution is 5.16. The van der Waals surface area contributed by atoms with Gasteiger partial charge >= 0.3 is 0 Å². The maximum absolute atomic E-state index is 12.7. The molecule has 1 saturated heterocycles. The molecule has 3 heteroatoms. The first-order chi connectivity index (χ1) is 7.55. The van der Waals surface area contributed by atoms with Gasteiger partial charge in [-0.1, -0.05) is 12.1 Å². The lowest BCUT2D eigenvalue weighted by Crippen LogP contribution is -2.47. The van der Waals surface area contributed by atoms with Crippen LogP contribution in [0.3, 0.4) is 0 Å². The van der Waals surface area contributed by atoms with Crippen LogP contribution < -0.4 is 5.73 Å². The van der Waals surface area contributed by atoms with Crippen molar-refractivity contribution in [1.29, 1.82) is 0 Å². The second-order valence-electron chi connectivity index (χ2n) is 5.06. The third kappa shape index (κ3) is 3.03. The van der Waals surface area contributed by atoms with E-state index in [0.29, 0.717) is 0 Å². The van der Waals surface area contributed by atoms with Crippen molar-refractivity contribution in [1.82, 2.24) is 4.90 Å². The summed E-state index contributed by atoms with van der Waals surface area (Å²) in [6.45, 7) is 5.08. The summed E-state index contributed by atoms with van der Waals surface area (Å²) < 4.78 is 12.7. The number of likely N-dealkylation sites (tertiary alicyclic amines) is 1. The maximum Gasteiger partial charge on any atom is 0.123 e. The Hall–Kier alpha value is -0.930. The average molecular weight is 222 g/mol. The first-order valence-electron chi connectivity index (χ1n) is 5.81. The number of nitrogens with two attached hydrogens (primary N) is 1. The monoisotopic (exact) mass is 222 g/mol. The zero-order chi connectivity index (χ0) is 11.6. The van der Waals surface area contributed by atoms with E-state index in [4.69, 9.17) is 5.73 Å². The molecule has 1 heterocycles. The molecule has 2 N–H and O–H groups in total. The van der Waals surface area contributed by atoms with E-state index in [1.54, 1.807) is 0 Å². The number of piperidine rings is 1. The number of hydrogen-bond donors (Lipinski definition) is 1. The summed E-state index contributed by atoms with van der Waals surface area (Å²) in [5, 5.41) is 0. The van der Waals surface area contributed by atoms with Crippen molar-refractivity contribution < 1.29 is 4.39 Å². The average Bonchev–Trinajstić information content (AvgIpc) is 2.24. The van der Waals surface area contributed by atoms with Crippen molar-refractivity contribution in [3.05, 3.63) is 35.6 Å². The van der Waals surface area contributed by atoms with Crippen molar-refractivity contribution >= 4 is 0 Å². The zero-order valence-corrected chi connectivity index (χ0v) is 9.75. The Kier molecular flexibility index (Phi) is 3.26. The van der Waals surface area contributed by atoms with E-state index >= 15 is 0 Å². The van der Waals surface area contributed by atoms with Gasteiger partial charge in [0, 0.05) is 25.2 Å². The molecule has 88 valence electrons. The lowest BCUT2D eigenvalue weighted by atomic mass is 9.91. The van der Waals surface area contributed by atoms with Crippen molar-refractivity contribution in [2.24, 2.45) is 5.73 Å². The molecule has 1 fully saturated rings. The molecule has 0 radical (unpaired) electrons. The number of halogens is 1. The van der Waals surface area contributed by atoms with Gasteiger partial charge < -0.3 is 5.73 Å². The Balaban J connectivity index is 1.89. The molecule has 0 amide bonds. The Morgan fingerprint density at radius 3 is 2.38 bits per heavy atom. The van der Waals surface area contributed by atoms with Gasteiger partial charge in [0.25, 0.3) is 0 Å². The first kappa shape index (κ1) is 11.6. The molecule has 1 aromatic rings. The summed E-state index contributed by atoms with van der Waals surface area (Å²) in [4.78, 5) is 2.38. The van der Waals surface area contributed by atoms with E-state index < -0.39 is 0 Å². The SMILES string of the molecule is CC1(N)CCN(Cc2ccc(F)cc2)CC1. The lowest BCUT2D eigenvalue weighted by molar-refractivity contribution is 0.165. The molecule has 1 aromatic carbocycles. The summed E-state index contributed by atoms with van der Waals surface area (Å²) in [6, 6.07) is 6.75. The van der Waals surface area contributed by atoms with Gasteiger partial charge in [0.1, 0.15) is 5.82 Å². The van der Waals surface area contributed by atoms with Crippen molar-refractivity contribution in [2.45, 2.75) is 31.8 Å². The maximum atomic E-state index is 12.7. The van der Waals surface area contributed by atoms with Crippen LogP contribution in [0, 0.1) is 5.82 Å². The predicted octanol–water partition coefficient (Wildman–Crippen LogP) is 2.14. The summed E-state index contributed by atoms with van der Waals surface area (Å²) in [6.07, 6.45) is 2.07. The van der Waals surface area contributed by atoms with Crippen LogP contribution in [0.4, 0.5) is 4.39 Å². The van der Waals surface area contributed by atoms with Crippen molar-refractivity contribution in [2.75, 3.05) is 13.1 Å². The third-order valence-corrected chi connectivity index (χ3v) is 3.32. The highest BCUT2D eigenvalue weighted by Crippen LogP contribution is 2.20. The van der Waals surface area contributed by atoms with Crippen LogP contribution in [0.25, 0.3) is 0 Å². The molecule has 0 spiro atoms. The first-order valence-corrected chi connectivity index (χ1v) is 5.81. The number of nitrogens with zero attached hydrogens (tertiary/aromatic N) is 1. The summed E-state index contributed by atoms with van der Waals surface area (Å²) in [5.41, 5.74) is 7.24. The van der Waals surface area contributed by atoms with E-state index in [1.165, 1.54) is 17.7 Å². The Morgan fingerprint density at radius 2 is 1.81 bits per heavy atom. The van der Waals surface area contributed by atoms with Crippen LogP contribution in [0.1, 0.15) is 25.3 Å². The minimum absolute atomic E-state index is 0.000698. The molecule has 0 bridgehead atoms. The summed E-state index contributed by atoms with van der Waals surface area (Å²) in [7, 11) is 0. The van der Waals surface area contributed by atoms with Gasteiger partial charge in [-0.05, 0) is 37.5 Å². The van der Waals surface area contributed by atoms with Crippen LogP contribution >= 0.6 is 0 Å². The van der Waals surface area contributed by atoms with Gasteiger partial charge in [0.05, 0.1) is 0 Å². The van der Waals surface area contributed by atoms with E-state index in [0.717, 1.165) is 32.5 Å². The number of hydrogen-bond acceptors (Lipinski definition) is 2. The minimum Gasteiger partial charge on any atom is -0.325 e.